The number of aliphatic hydroxyl groups is 1. The fourth-order valence-corrected chi connectivity index (χ4v) is 11.4. The number of aliphatic imine (C=N–C) groups is 1. The zero-order valence-corrected chi connectivity index (χ0v) is 57.1. The Morgan fingerprint density at radius 3 is 1.85 bits per heavy atom. The maximum absolute atomic E-state index is 14.8. The van der Waals surface area contributed by atoms with Gasteiger partial charge in [0.2, 0.25) is 70.9 Å². The van der Waals surface area contributed by atoms with Crippen molar-refractivity contribution in [2.75, 3.05) is 32.8 Å². The summed E-state index contributed by atoms with van der Waals surface area (Å²) in [5.74, 6) is -10.6. The van der Waals surface area contributed by atoms with Crippen LogP contribution in [-0.4, -0.2) is 194 Å². The van der Waals surface area contributed by atoms with E-state index in [0.29, 0.717) is 47.0 Å². The molecule has 0 unspecified atom stereocenters. The minimum Gasteiger partial charge on any atom is -0.508 e. The summed E-state index contributed by atoms with van der Waals surface area (Å²) >= 11 is 0. The summed E-state index contributed by atoms with van der Waals surface area (Å²) in [5.41, 5.74) is 30.0. The lowest BCUT2D eigenvalue weighted by molar-refractivity contribution is -0.142. The lowest BCUT2D eigenvalue weighted by Crippen LogP contribution is -2.61. The van der Waals surface area contributed by atoms with Crippen molar-refractivity contribution in [3.8, 4) is 5.75 Å². The molecule has 1 aliphatic heterocycles. The third-order valence-corrected chi connectivity index (χ3v) is 16.8. The molecule has 33 heteroatoms. The van der Waals surface area contributed by atoms with Gasteiger partial charge in [0.05, 0.1) is 32.1 Å². The number of rotatable bonds is 45. The van der Waals surface area contributed by atoms with E-state index >= 15 is 0 Å². The molecule has 548 valence electrons. The predicted molar refractivity (Wildman–Crippen MR) is 370 cm³/mol. The Morgan fingerprint density at radius 1 is 0.620 bits per heavy atom. The third-order valence-electron chi connectivity index (χ3n) is 16.8. The number of imidazole rings is 1. The molecule has 0 spiro atoms. The highest BCUT2D eigenvalue weighted by Gasteiger charge is 2.39. The minimum absolute atomic E-state index is 0.000780. The number of aromatic amines is 2. The molecule has 1 fully saturated rings. The van der Waals surface area contributed by atoms with Gasteiger partial charge in [0, 0.05) is 67.8 Å². The summed E-state index contributed by atoms with van der Waals surface area (Å²) in [6.07, 6.45) is 12.4. The fraction of sp³-hybridized carbons (Fsp3) is 0.552. The molecular formula is C67H101N19O14. The average molecular weight is 1400 g/mol. The van der Waals surface area contributed by atoms with Crippen molar-refractivity contribution >= 4 is 87.7 Å². The molecule has 0 radical (unpaired) electrons. The van der Waals surface area contributed by atoms with Crippen molar-refractivity contribution in [1.82, 2.24) is 67.7 Å². The summed E-state index contributed by atoms with van der Waals surface area (Å²) < 4.78 is 0. The van der Waals surface area contributed by atoms with Crippen LogP contribution in [0, 0.1) is 5.92 Å². The molecule has 2 aromatic heterocycles. The molecule has 9 atom stereocenters. The van der Waals surface area contributed by atoms with Gasteiger partial charge in [-0.25, -0.2) is 4.98 Å². The zero-order chi connectivity index (χ0) is 73.3. The molecule has 23 N–H and O–H groups in total. The van der Waals surface area contributed by atoms with Crippen LogP contribution < -0.4 is 76.5 Å². The number of H-pyrrole nitrogens is 2. The molecule has 33 nitrogen and oxygen atoms in total. The zero-order valence-electron chi connectivity index (χ0n) is 57.1. The summed E-state index contributed by atoms with van der Waals surface area (Å²) in [4.78, 5) is 180. The second-order valence-electron chi connectivity index (χ2n) is 25.4. The Kier molecular flexibility index (Phi) is 33.8. The minimum atomic E-state index is -1.82. The van der Waals surface area contributed by atoms with E-state index in [1.54, 1.807) is 44.3 Å². The van der Waals surface area contributed by atoms with E-state index in [9.17, 15) is 67.7 Å². The fourth-order valence-electron chi connectivity index (χ4n) is 11.4. The number of likely N-dealkylation sites (tertiary alicyclic amines) is 1. The average Bonchev–Trinajstić information content (AvgIpc) is 1.89. The van der Waals surface area contributed by atoms with Crippen LogP contribution in [0.4, 0.5) is 0 Å². The van der Waals surface area contributed by atoms with Gasteiger partial charge in [-0.3, -0.25) is 62.5 Å². The topological polar surface area (TPSA) is 544 Å². The molecule has 12 amide bonds. The smallest absolute Gasteiger partial charge is 0.245 e. The number of amides is 12. The van der Waals surface area contributed by atoms with Crippen molar-refractivity contribution in [2.24, 2.45) is 39.6 Å². The number of primary amides is 2. The molecule has 5 rings (SSSR count). The number of benzene rings is 2. The van der Waals surface area contributed by atoms with Crippen LogP contribution in [0.15, 0.2) is 72.2 Å². The summed E-state index contributed by atoms with van der Waals surface area (Å²) in [7, 11) is 0. The maximum Gasteiger partial charge on any atom is 0.245 e. The number of aromatic hydroxyl groups is 1. The molecule has 4 aromatic rings. The van der Waals surface area contributed by atoms with Gasteiger partial charge in [0.25, 0.3) is 0 Å². The standard InChI is InChI=1S/C67H101N19O14/c1-4-5-6-7-8-9-10-11-17-45(68)58(92)80-47(25-26-55(69)89)60(94)84-52(32-42-34-73-38-78-42)63(97)83-51(31-41-33-75-46-18-13-12-16-44(41)46)62(96)85-53(37-87)64(98)82-50(30-40-21-23-43(88)24-22-40)59(93)77-36-57(91)79-49(29-39(2)3)61(95)81-48(19-14-27-74-67(71)72)66(100)86-28-15-20-54(86)65(99)76-35-56(70)90/h12-13,16,18,21-24,33-34,38-39,45,47-54,75,87-88H,4-11,14-15,17,19-20,25-32,35-37,68H2,1-3H3,(H2,69,89)(H2,70,90)(H,73,78)(H,76,99)(H,77,93)(H,79,91)(H,80,92)(H,81,95)(H,82,98)(H,83,97)(H,84,94)(H,85,96)(H4,71,72,74)/t45-,47-,48-,49-,50-,51-,52-,53-,54-/m0/s1. The van der Waals surface area contributed by atoms with Crippen molar-refractivity contribution in [2.45, 2.75) is 197 Å². The number of nitrogens with zero attached hydrogens (tertiary/aromatic N) is 3. The predicted octanol–water partition coefficient (Wildman–Crippen LogP) is -2.06. The van der Waals surface area contributed by atoms with Gasteiger partial charge in [-0.1, -0.05) is 102 Å². The van der Waals surface area contributed by atoms with E-state index in [2.05, 4.69) is 74.7 Å². The number of hydrogen-bond donors (Lipinski definition) is 18. The van der Waals surface area contributed by atoms with E-state index in [4.69, 9.17) is 28.7 Å². The van der Waals surface area contributed by atoms with E-state index in [0.717, 1.165) is 38.5 Å². The van der Waals surface area contributed by atoms with Gasteiger partial charge in [-0.15, -0.1) is 0 Å². The van der Waals surface area contributed by atoms with E-state index in [-0.39, 0.29) is 88.5 Å². The van der Waals surface area contributed by atoms with Crippen molar-refractivity contribution in [1.29, 1.82) is 0 Å². The number of phenols is 1. The molecule has 100 heavy (non-hydrogen) atoms. The Hall–Kier alpha value is -10.2. The monoisotopic (exact) mass is 1400 g/mol. The normalized spacial score (nSPS) is 15.1. The first-order valence-electron chi connectivity index (χ1n) is 34.0. The number of hydrogen-bond acceptors (Lipinski definition) is 17. The number of nitrogens with two attached hydrogens (primary N) is 5. The SMILES string of the molecule is CCCCCCCCCC[C@H](N)C(=O)N[C@@H](CCC(N)=O)C(=O)N[C@@H](Cc1cnc[nH]1)C(=O)N[C@@H](Cc1c[nH]c2ccccc12)C(=O)N[C@@H](CO)C(=O)N[C@@H](Cc1ccc(O)cc1)C(=O)NCC(=O)N[C@@H](CC(C)C)C(=O)N[C@@H](CCCN=C(N)N)C(=O)N1CCC[C@H]1C(=O)NCC(N)=O. The number of fused-ring (bicyclic) bond motifs is 1. The van der Waals surface area contributed by atoms with Crippen LogP contribution in [0.1, 0.15) is 140 Å². The Morgan fingerprint density at radius 2 is 1.22 bits per heavy atom. The number of para-hydroxylation sites is 1. The first kappa shape index (κ1) is 80.5. The van der Waals surface area contributed by atoms with E-state index < -0.39 is 145 Å². The highest BCUT2D eigenvalue weighted by atomic mass is 16.3. The van der Waals surface area contributed by atoms with Crippen molar-refractivity contribution in [3.05, 3.63) is 84.1 Å². The number of aromatic nitrogens is 3. The summed E-state index contributed by atoms with van der Waals surface area (Å²) in [5, 5.41) is 44.8. The van der Waals surface area contributed by atoms with Gasteiger partial charge < -0.3 is 102 Å². The van der Waals surface area contributed by atoms with Crippen LogP contribution in [0.3, 0.4) is 0 Å². The third kappa shape index (κ3) is 27.6. The summed E-state index contributed by atoms with van der Waals surface area (Å²) in [6.45, 7) is 3.64. The number of carbonyl (C=O) groups is 12. The highest BCUT2D eigenvalue weighted by molar-refractivity contribution is 5.99. The van der Waals surface area contributed by atoms with Crippen LogP contribution >= 0.6 is 0 Å². The maximum atomic E-state index is 14.8. The number of carbonyl (C=O) groups excluding carboxylic acids is 12. The molecule has 1 aliphatic rings. The van der Waals surface area contributed by atoms with Crippen LogP contribution in [0.25, 0.3) is 10.9 Å². The molecule has 2 aromatic carbocycles. The Bertz CT molecular complexity index is 3400. The van der Waals surface area contributed by atoms with Crippen LogP contribution in [-0.2, 0) is 76.8 Å². The Balaban J connectivity index is 1.34. The second-order valence-corrected chi connectivity index (χ2v) is 25.4. The first-order valence-corrected chi connectivity index (χ1v) is 34.0. The Labute approximate surface area is 580 Å². The molecule has 0 bridgehead atoms. The highest BCUT2D eigenvalue weighted by Crippen LogP contribution is 2.22. The largest absolute Gasteiger partial charge is 0.508 e. The van der Waals surface area contributed by atoms with Gasteiger partial charge in [0.1, 0.15) is 54.1 Å². The number of unbranched alkanes of at least 4 members (excludes halogenated alkanes) is 7. The van der Waals surface area contributed by atoms with Crippen LogP contribution in [0.5, 0.6) is 5.75 Å². The number of aliphatic hydroxyl groups excluding tert-OH is 1. The number of phenolic OH excluding ortho intramolecular Hbond substituents is 1. The molecule has 0 saturated carbocycles. The number of nitrogens with one attached hydrogen (secondary N) is 11. The molecule has 1 saturated heterocycles. The van der Waals surface area contributed by atoms with Gasteiger partial charge >= 0.3 is 0 Å². The number of guanidine groups is 1. The van der Waals surface area contributed by atoms with Gasteiger partial charge in [-0.05, 0) is 80.2 Å². The van der Waals surface area contributed by atoms with Gasteiger partial charge in [-0.2, -0.15) is 0 Å². The molecule has 3 heterocycles. The quantitative estimate of drug-likeness (QED) is 0.0129. The van der Waals surface area contributed by atoms with E-state index in [1.807, 2.05) is 0 Å². The first-order chi connectivity index (χ1) is 47.8. The van der Waals surface area contributed by atoms with Gasteiger partial charge in [0.15, 0.2) is 5.96 Å². The molecule has 0 aliphatic carbocycles. The van der Waals surface area contributed by atoms with E-state index in [1.165, 1.54) is 48.1 Å². The summed E-state index contributed by atoms with van der Waals surface area (Å²) in [6, 6.07) is 0.300. The lowest BCUT2D eigenvalue weighted by Gasteiger charge is -2.30. The van der Waals surface area contributed by atoms with Crippen LogP contribution in [0.2, 0.25) is 0 Å². The second kappa shape index (κ2) is 41.9. The van der Waals surface area contributed by atoms with Crippen molar-refractivity contribution < 1.29 is 67.7 Å². The lowest BCUT2D eigenvalue weighted by atomic mass is 10.0. The van der Waals surface area contributed by atoms with Crippen molar-refractivity contribution in [3.63, 3.8) is 0 Å². The molecular weight excluding hydrogens is 1290 g/mol.